The average Bonchev–Trinajstić information content (AvgIpc) is 3.33. The van der Waals surface area contributed by atoms with E-state index in [2.05, 4.69) is 20.0 Å². The molecule has 3 N–H and O–H groups in total. The van der Waals surface area contributed by atoms with Crippen LogP contribution < -0.4 is 10.0 Å². The number of aromatic amines is 1. The van der Waals surface area contributed by atoms with Gasteiger partial charge in [0.05, 0.1) is 33.4 Å². The number of halogens is 2. The number of H-pyrrole nitrogens is 1. The molecule has 1 aromatic heterocycles. The highest BCUT2D eigenvalue weighted by Gasteiger charge is 2.51. The molecular weight excluding hydrogens is 430 g/mol. The maximum absolute atomic E-state index is 14.1. The lowest BCUT2D eigenvalue weighted by atomic mass is 9.65. The van der Waals surface area contributed by atoms with Crippen molar-refractivity contribution < 1.29 is 13.6 Å². The first-order valence-electron chi connectivity index (χ1n) is 10.3. The number of nitrogens with zero attached hydrogens (tertiary/aromatic N) is 1. The van der Waals surface area contributed by atoms with Crippen molar-refractivity contribution in [2.45, 2.75) is 29.6 Å². The Morgan fingerprint density at radius 1 is 1.06 bits per heavy atom. The predicted octanol–water partition coefficient (Wildman–Crippen LogP) is 6.00. The van der Waals surface area contributed by atoms with Gasteiger partial charge in [0.25, 0.3) is 0 Å². The van der Waals surface area contributed by atoms with Gasteiger partial charge in [-0.1, -0.05) is 12.5 Å². The first-order valence-corrected chi connectivity index (χ1v) is 11.2. The van der Waals surface area contributed by atoms with Gasteiger partial charge in [0.2, 0.25) is 5.91 Å². The minimum atomic E-state index is -0.624. The van der Waals surface area contributed by atoms with Crippen molar-refractivity contribution in [3.63, 3.8) is 0 Å². The van der Waals surface area contributed by atoms with Gasteiger partial charge in [-0.25, -0.2) is 13.8 Å². The molecule has 160 valence electrons. The Labute approximate surface area is 186 Å². The van der Waals surface area contributed by atoms with Crippen LogP contribution in [-0.4, -0.2) is 15.9 Å². The summed E-state index contributed by atoms with van der Waals surface area (Å²) in [5.74, 6) is -1.20. The predicted molar refractivity (Wildman–Crippen MR) is 122 cm³/mol. The minimum Gasteiger partial charge on any atom is -0.345 e. The summed E-state index contributed by atoms with van der Waals surface area (Å²) in [5.41, 5.74) is 5.65. The zero-order valence-electron chi connectivity index (χ0n) is 16.8. The van der Waals surface area contributed by atoms with Crippen molar-refractivity contribution in [3.05, 3.63) is 72.1 Å². The van der Waals surface area contributed by atoms with Crippen LogP contribution in [0.25, 0.3) is 22.2 Å². The third kappa shape index (κ3) is 2.90. The number of hydrogen-bond donors (Lipinski definition) is 3. The fraction of sp³-hybridized carbons (Fsp3) is 0.167. The summed E-state index contributed by atoms with van der Waals surface area (Å²) in [6.45, 7) is 0. The summed E-state index contributed by atoms with van der Waals surface area (Å²) in [6, 6.07) is 13.3. The summed E-state index contributed by atoms with van der Waals surface area (Å²) in [5, 5.41) is 3.11. The molecule has 2 aliphatic rings. The second-order valence-electron chi connectivity index (χ2n) is 8.25. The molecule has 1 aliphatic heterocycles. The van der Waals surface area contributed by atoms with Crippen LogP contribution in [0.2, 0.25) is 0 Å². The molecule has 6 rings (SSSR count). The van der Waals surface area contributed by atoms with Crippen LogP contribution in [0, 0.1) is 11.6 Å². The van der Waals surface area contributed by atoms with Gasteiger partial charge in [-0.3, -0.25) is 4.79 Å². The van der Waals surface area contributed by atoms with Crippen molar-refractivity contribution in [1.82, 2.24) is 9.97 Å². The Kier molecular flexibility index (Phi) is 4.26. The van der Waals surface area contributed by atoms with Crippen molar-refractivity contribution in [2.24, 2.45) is 0 Å². The Morgan fingerprint density at radius 3 is 2.72 bits per heavy atom. The normalized spacial score (nSPS) is 16.1. The van der Waals surface area contributed by atoms with E-state index in [1.54, 1.807) is 6.33 Å². The Balaban J connectivity index is 1.44. The van der Waals surface area contributed by atoms with Gasteiger partial charge in [0.15, 0.2) is 0 Å². The smallest absolute Gasteiger partial charge is 0.235 e. The number of aromatic nitrogens is 2. The van der Waals surface area contributed by atoms with Gasteiger partial charge in [-0.05, 0) is 72.3 Å². The van der Waals surface area contributed by atoms with Gasteiger partial charge in [0.1, 0.15) is 11.6 Å². The number of amides is 1. The highest BCUT2D eigenvalue weighted by Crippen LogP contribution is 2.54. The molecule has 0 atom stereocenters. The van der Waals surface area contributed by atoms with Crippen LogP contribution in [-0.2, 0) is 10.2 Å². The monoisotopic (exact) mass is 448 g/mol. The summed E-state index contributed by atoms with van der Waals surface area (Å²) >= 11 is 1.08. The van der Waals surface area contributed by atoms with Crippen molar-refractivity contribution in [1.29, 1.82) is 0 Å². The quantitative estimate of drug-likeness (QED) is 0.335. The summed E-state index contributed by atoms with van der Waals surface area (Å²) in [6.07, 6.45) is 4.29. The topological polar surface area (TPSA) is 69.8 Å². The van der Waals surface area contributed by atoms with Gasteiger partial charge in [0, 0.05) is 17.3 Å². The Morgan fingerprint density at radius 2 is 1.94 bits per heavy atom. The van der Waals surface area contributed by atoms with Crippen molar-refractivity contribution in [3.8, 4) is 11.1 Å². The lowest BCUT2D eigenvalue weighted by Crippen LogP contribution is -2.40. The number of anilines is 2. The number of hydrogen-bond acceptors (Lipinski definition) is 4. The second-order valence-corrected chi connectivity index (χ2v) is 9.10. The van der Waals surface area contributed by atoms with E-state index in [4.69, 9.17) is 0 Å². The van der Waals surface area contributed by atoms with E-state index < -0.39 is 17.0 Å². The van der Waals surface area contributed by atoms with E-state index in [-0.39, 0.29) is 5.91 Å². The molecule has 1 amide bonds. The number of imidazole rings is 1. The summed E-state index contributed by atoms with van der Waals surface area (Å²) in [7, 11) is 0. The van der Waals surface area contributed by atoms with E-state index >= 15 is 0 Å². The minimum absolute atomic E-state index is 0.0389. The van der Waals surface area contributed by atoms with E-state index in [1.807, 2.05) is 30.3 Å². The molecule has 3 aromatic carbocycles. The fourth-order valence-electron chi connectivity index (χ4n) is 4.60. The standard InChI is InChI=1S/C24H18F2N4OS/c25-14-3-5-21(18(26)9-14)32-30-15-10-16(13-2-4-19-20(8-13)28-12-27-19)22-17(11-15)24(6-1-7-24)23(31)29-22/h2-5,8-12,30H,1,6-7H2,(H,27,28)(H,29,31). The van der Waals surface area contributed by atoms with Crippen LogP contribution in [0.4, 0.5) is 20.2 Å². The molecule has 8 heteroatoms. The SMILES string of the molecule is O=C1Nc2c(-c3ccc4nc[nH]c4c3)cc(NSc3ccc(F)cc3F)cc2C12CCC2. The molecule has 0 saturated heterocycles. The number of nitrogens with one attached hydrogen (secondary N) is 3. The lowest BCUT2D eigenvalue weighted by molar-refractivity contribution is -0.123. The summed E-state index contributed by atoms with van der Waals surface area (Å²) < 4.78 is 30.5. The Hall–Kier alpha value is -3.39. The highest BCUT2D eigenvalue weighted by atomic mass is 32.2. The van der Waals surface area contributed by atoms with E-state index in [1.165, 1.54) is 12.1 Å². The van der Waals surface area contributed by atoms with E-state index in [0.717, 1.165) is 76.4 Å². The molecule has 0 radical (unpaired) electrons. The van der Waals surface area contributed by atoms with Gasteiger partial charge in [-0.2, -0.15) is 0 Å². The van der Waals surface area contributed by atoms with Gasteiger partial charge in [-0.15, -0.1) is 0 Å². The number of rotatable bonds is 4. The number of carbonyl (C=O) groups is 1. The van der Waals surface area contributed by atoms with Gasteiger partial charge < -0.3 is 15.0 Å². The molecule has 32 heavy (non-hydrogen) atoms. The van der Waals surface area contributed by atoms with Crippen LogP contribution in [0.3, 0.4) is 0 Å². The number of benzene rings is 3. The maximum atomic E-state index is 14.1. The van der Waals surface area contributed by atoms with Crippen LogP contribution in [0.15, 0.2) is 59.8 Å². The van der Waals surface area contributed by atoms with Crippen molar-refractivity contribution >= 4 is 40.3 Å². The van der Waals surface area contributed by atoms with Crippen LogP contribution in [0.5, 0.6) is 0 Å². The molecule has 0 unspecified atom stereocenters. The summed E-state index contributed by atoms with van der Waals surface area (Å²) in [4.78, 5) is 20.6. The molecule has 1 spiro atoms. The van der Waals surface area contributed by atoms with E-state index in [0.29, 0.717) is 4.90 Å². The highest BCUT2D eigenvalue weighted by molar-refractivity contribution is 8.00. The van der Waals surface area contributed by atoms with E-state index in [9.17, 15) is 13.6 Å². The molecular formula is C24H18F2N4OS. The molecule has 0 bridgehead atoms. The van der Waals surface area contributed by atoms with Crippen molar-refractivity contribution in [2.75, 3.05) is 10.0 Å². The van der Waals surface area contributed by atoms with Crippen LogP contribution in [0.1, 0.15) is 24.8 Å². The molecule has 2 heterocycles. The zero-order chi connectivity index (χ0) is 21.9. The third-order valence-corrected chi connectivity index (χ3v) is 7.33. The molecule has 5 nitrogen and oxygen atoms in total. The largest absolute Gasteiger partial charge is 0.345 e. The Bertz CT molecular complexity index is 1400. The number of carbonyl (C=O) groups excluding carboxylic acids is 1. The van der Waals surface area contributed by atoms with Gasteiger partial charge >= 0.3 is 0 Å². The molecule has 1 aliphatic carbocycles. The fourth-order valence-corrected chi connectivity index (χ4v) is 5.24. The average molecular weight is 448 g/mol. The third-order valence-electron chi connectivity index (χ3n) is 6.44. The maximum Gasteiger partial charge on any atom is 0.235 e. The zero-order valence-corrected chi connectivity index (χ0v) is 17.7. The van der Waals surface area contributed by atoms with Crippen LogP contribution >= 0.6 is 11.9 Å². The molecule has 1 fully saturated rings. The molecule has 4 aromatic rings. The second kappa shape index (κ2) is 7.06. The first-order chi connectivity index (χ1) is 15.5. The number of fused-ring (bicyclic) bond motifs is 3. The first kappa shape index (κ1) is 19.3. The molecule has 1 saturated carbocycles. The lowest BCUT2D eigenvalue weighted by Gasteiger charge is -2.36.